The van der Waals surface area contributed by atoms with E-state index in [0.29, 0.717) is 19.4 Å². The van der Waals surface area contributed by atoms with Crippen LogP contribution in [0.4, 0.5) is 0 Å². The molecule has 0 aromatic heterocycles. The third-order valence-corrected chi connectivity index (χ3v) is 6.38. The molecular formula is C20H37NO7P-. The van der Waals surface area contributed by atoms with Crippen molar-refractivity contribution in [2.45, 2.75) is 97.0 Å². The van der Waals surface area contributed by atoms with Crippen LogP contribution >= 0.6 is 7.82 Å². The Morgan fingerprint density at radius 1 is 1.21 bits per heavy atom. The summed E-state index contributed by atoms with van der Waals surface area (Å²) >= 11 is 0. The van der Waals surface area contributed by atoms with Crippen LogP contribution < -0.4 is 10.6 Å². The van der Waals surface area contributed by atoms with Crippen molar-refractivity contribution in [2.24, 2.45) is 17.6 Å². The van der Waals surface area contributed by atoms with Gasteiger partial charge in [-0.1, -0.05) is 13.5 Å². The molecule has 170 valence electrons. The Kier molecular flexibility index (Phi) is 8.74. The number of nitrogens with two attached hydrogens (primary N) is 1. The molecule has 2 fully saturated rings. The fourth-order valence-corrected chi connectivity index (χ4v) is 5.01. The van der Waals surface area contributed by atoms with E-state index in [-0.39, 0.29) is 48.1 Å². The third-order valence-electron chi connectivity index (χ3n) is 5.39. The molecule has 2 N–H and O–H groups in total. The van der Waals surface area contributed by atoms with Gasteiger partial charge in [0.1, 0.15) is 11.9 Å². The van der Waals surface area contributed by atoms with Crippen LogP contribution in [0.15, 0.2) is 12.3 Å². The molecule has 29 heavy (non-hydrogen) atoms. The minimum absolute atomic E-state index is 0.0215. The van der Waals surface area contributed by atoms with Gasteiger partial charge < -0.3 is 33.9 Å². The average Bonchev–Trinajstić information content (AvgIpc) is 3.04. The molecule has 1 aliphatic heterocycles. The van der Waals surface area contributed by atoms with Gasteiger partial charge in [0.25, 0.3) is 0 Å². The van der Waals surface area contributed by atoms with Crippen LogP contribution in [0.1, 0.15) is 54.4 Å². The number of rotatable bonds is 10. The molecule has 1 aliphatic carbocycles. The average molecular weight is 434 g/mol. The Balaban J connectivity index is 2.00. The second-order valence-corrected chi connectivity index (χ2v) is 10.1. The molecule has 1 saturated heterocycles. The van der Waals surface area contributed by atoms with Gasteiger partial charge in [-0.15, -0.1) is 0 Å². The Hall–Kier alpha value is -0.470. The largest absolute Gasteiger partial charge is 0.746 e. The molecule has 2 aliphatic rings. The molecule has 0 radical (unpaired) electrons. The van der Waals surface area contributed by atoms with E-state index >= 15 is 0 Å². The fourth-order valence-electron chi connectivity index (χ4n) is 4.00. The van der Waals surface area contributed by atoms with E-state index in [1.807, 2.05) is 41.5 Å². The van der Waals surface area contributed by atoms with E-state index < -0.39 is 20.0 Å². The first-order chi connectivity index (χ1) is 13.4. The first-order valence-corrected chi connectivity index (χ1v) is 11.9. The van der Waals surface area contributed by atoms with Gasteiger partial charge in [-0.25, -0.2) is 0 Å². The smallest absolute Gasteiger partial charge is 0.319 e. The molecule has 0 spiro atoms. The number of ether oxygens (including phenoxy) is 3. The second-order valence-electron chi connectivity index (χ2n) is 8.81. The monoisotopic (exact) mass is 434 g/mol. The molecule has 1 saturated carbocycles. The predicted molar refractivity (Wildman–Crippen MR) is 108 cm³/mol. The number of hydrogen-bond acceptors (Lipinski definition) is 8. The molecule has 8 atom stereocenters. The quantitative estimate of drug-likeness (QED) is 0.413. The van der Waals surface area contributed by atoms with Gasteiger partial charge in [0.15, 0.2) is 0 Å². The second kappa shape index (κ2) is 10.2. The molecule has 0 bridgehead atoms. The van der Waals surface area contributed by atoms with Crippen molar-refractivity contribution in [1.82, 2.24) is 0 Å². The summed E-state index contributed by atoms with van der Waals surface area (Å²) in [6.07, 6.45) is -0.503. The van der Waals surface area contributed by atoms with E-state index in [4.69, 9.17) is 29.0 Å². The maximum atomic E-state index is 12.6. The molecule has 1 heterocycles. The van der Waals surface area contributed by atoms with Crippen LogP contribution in [0.3, 0.4) is 0 Å². The van der Waals surface area contributed by atoms with Gasteiger partial charge in [0, 0.05) is 18.4 Å². The highest BCUT2D eigenvalue weighted by atomic mass is 31.2. The van der Waals surface area contributed by atoms with Gasteiger partial charge >= 0.3 is 7.82 Å². The van der Waals surface area contributed by atoms with E-state index in [0.717, 1.165) is 0 Å². The molecule has 2 rings (SSSR count). The Bertz CT molecular complexity index is 599. The highest BCUT2D eigenvalue weighted by molar-refractivity contribution is 7.46. The lowest BCUT2D eigenvalue weighted by atomic mass is 10.0. The summed E-state index contributed by atoms with van der Waals surface area (Å²) in [7, 11) is -4.66. The lowest BCUT2D eigenvalue weighted by Gasteiger charge is -2.32. The van der Waals surface area contributed by atoms with Crippen molar-refractivity contribution < 1.29 is 32.7 Å². The molecule has 9 heteroatoms. The van der Waals surface area contributed by atoms with Crippen molar-refractivity contribution in [1.29, 1.82) is 0 Å². The summed E-state index contributed by atoms with van der Waals surface area (Å²) in [5.41, 5.74) is 6.25. The van der Waals surface area contributed by atoms with Crippen molar-refractivity contribution in [2.75, 3.05) is 6.61 Å². The maximum absolute atomic E-state index is 12.6. The van der Waals surface area contributed by atoms with E-state index in [1.165, 1.54) is 0 Å². The standard InChI is InChI=1S/C20H38NO7P/c1-11(2)24-10-16-17(8-13(5)19(16)21)28-29(22,23)27-15(7)20-18(25-12(3)4)9-14(6)26-20/h11-14,16-20H,7-10,21H2,1-6H3,(H,22,23)/p-1/t13-,14-,16+,17?,18?,19?,20+/m0/s1. The predicted octanol–water partition coefficient (Wildman–Crippen LogP) is 2.75. The fraction of sp³-hybridized carbons (Fsp3) is 0.900. The molecule has 4 unspecified atom stereocenters. The minimum Gasteiger partial charge on any atom is -0.746 e. The molecule has 8 nitrogen and oxygen atoms in total. The Morgan fingerprint density at radius 3 is 2.45 bits per heavy atom. The van der Waals surface area contributed by atoms with Gasteiger partial charge in [0.05, 0.1) is 37.1 Å². The first kappa shape index (κ1) is 24.8. The molecule has 0 aromatic rings. The normalized spacial score (nSPS) is 37.2. The van der Waals surface area contributed by atoms with Crippen molar-refractivity contribution in [3.8, 4) is 0 Å². The molecule has 0 aromatic carbocycles. The summed E-state index contributed by atoms with van der Waals surface area (Å²) in [6, 6.07) is -0.204. The lowest BCUT2D eigenvalue weighted by Crippen LogP contribution is -2.37. The van der Waals surface area contributed by atoms with Gasteiger partial charge in [-0.3, -0.25) is 4.57 Å². The molecular weight excluding hydrogens is 397 g/mol. The van der Waals surface area contributed by atoms with Crippen molar-refractivity contribution in [3.63, 3.8) is 0 Å². The summed E-state index contributed by atoms with van der Waals surface area (Å²) in [4.78, 5) is 12.6. The van der Waals surface area contributed by atoms with Gasteiger partial charge in [-0.2, -0.15) is 0 Å². The minimum atomic E-state index is -4.66. The van der Waals surface area contributed by atoms with Crippen molar-refractivity contribution in [3.05, 3.63) is 12.3 Å². The van der Waals surface area contributed by atoms with Crippen LogP contribution in [0, 0.1) is 11.8 Å². The number of hydrogen-bond donors (Lipinski definition) is 1. The maximum Gasteiger partial charge on any atom is 0.319 e. The SMILES string of the molecule is C=C(OP(=O)([O-])OC1C[C@H](C)C(N)[C@@H]1COC(C)C)[C@H]1O[C@@H](C)CC1OC(C)C. The zero-order valence-corrected chi connectivity index (χ0v) is 19.3. The van der Waals surface area contributed by atoms with Gasteiger partial charge in [-0.05, 0) is 47.0 Å². The summed E-state index contributed by atoms with van der Waals surface area (Å²) in [6.45, 7) is 15.6. The third kappa shape index (κ3) is 7.03. The lowest BCUT2D eigenvalue weighted by molar-refractivity contribution is -0.229. The highest BCUT2D eigenvalue weighted by Crippen LogP contribution is 2.48. The Morgan fingerprint density at radius 2 is 1.86 bits per heavy atom. The van der Waals surface area contributed by atoms with E-state index in [9.17, 15) is 9.46 Å². The zero-order valence-electron chi connectivity index (χ0n) is 18.4. The topological polar surface area (TPSA) is 112 Å². The number of phosphoric acid groups is 1. The summed E-state index contributed by atoms with van der Waals surface area (Å²) in [5.74, 6) is -0.137. The van der Waals surface area contributed by atoms with E-state index in [1.54, 1.807) is 0 Å². The molecule has 0 amide bonds. The van der Waals surface area contributed by atoms with Crippen LogP contribution in [0.5, 0.6) is 0 Å². The summed E-state index contributed by atoms with van der Waals surface area (Å²) < 4.78 is 40.5. The summed E-state index contributed by atoms with van der Waals surface area (Å²) in [5, 5.41) is 0. The van der Waals surface area contributed by atoms with Crippen LogP contribution in [-0.2, 0) is 27.8 Å². The Labute approximate surface area is 174 Å². The van der Waals surface area contributed by atoms with Crippen molar-refractivity contribution >= 4 is 7.82 Å². The van der Waals surface area contributed by atoms with Crippen LogP contribution in [0.2, 0.25) is 0 Å². The highest BCUT2D eigenvalue weighted by Gasteiger charge is 2.43. The van der Waals surface area contributed by atoms with Crippen LogP contribution in [-0.4, -0.2) is 49.3 Å². The number of phosphoric ester groups is 1. The van der Waals surface area contributed by atoms with Crippen LogP contribution in [0.25, 0.3) is 0 Å². The van der Waals surface area contributed by atoms with Gasteiger partial charge in [0.2, 0.25) is 0 Å². The first-order valence-electron chi connectivity index (χ1n) is 10.5. The zero-order chi connectivity index (χ0) is 21.9. The van der Waals surface area contributed by atoms with E-state index in [2.05, 4.69) is 6.58 Å².